The topological polar surface area (TPSA) is 82.4 Å². The number of phenols is 1. The minimum absolute atomic E-state index is 0.0871. The minimum atomic E-state index is -0.720. The molecule has 0 fully saturated rings. The molecule has 1 unspecified atom stereocenters. The number of nitrogens with one attached hydrogen (secondary N) is 1. The summed E-state index contributed by atoms with van der Waals surface area (Å²) in [5, 5.41) is 17.9. The Kier molecular flexibility index (Phi) is 4.39. The Bertz CT molecular complexity index is 1290. The van der Waals surface area contributed by atoms with E-state index in [9.17, 15) is 14.3 Å². The SMILES string of the molecule is Cc1cc(C)c(O)c(-c2n[nH]c3c2C(c2ccccc2F)N(Cc2ccco2)C3=O)c1. The van der Waals surface area contributed by atoms with Crippen LogP contribution in [-0.4, -0.2) is 26.1 Å². The van der Waals surface area contributed by atoms with Crippen LogP contribution in [0, 0.1) is 19.7 Å². The van der Waals surface area contributed by atoms with Gasteiger partial charge in [-0.2, -0.15) is 5.10 Å². The largest absolute Gasteiger partial charge is 0.507 e. The molecular formula is C24H20FN3O3. The number of benzene rings is 2. The maximum Gasteiger partial charge on any atom is 0.273 e. The zero-order valence-corrected chi connectivity index (χ0v) is 17.0. The molecule has 2 aromatic carbocycles. The smallest absolute Gasteiger partial charge is 0.273 e. The summed E-state index contributed by atoms with van der Waals surface area (Å²) >= 11 is 0. The van der Waals surface area contributed by atoms with Crippen molar-refractivity contribution in [3.8, 4) is 17.0 Å². The molecule has 0 aliphatic carbocycles. The van der Waals surface area contributed by atoms with Crippen LogP contribution in [0.25, 0.3) is 11.3 Å². The molecule has 6 nitrogen and oxygen atoms in total. The summed E-state index contributed by atoms with van der Waals surface area (Å²) in [6, 6.07) is 12.9. The second-order valence-corrected chi connectivity index (χ2v) is 7.78. The predicted octanol–water partition coefficient (Wildman–Crippen LogP) is 4.88. The Labute approximate surface area is 177 Å². The van der Waals surface area contributed by atoms with Crippen LogP contribution in [0.1, 0.15) is 44.5 Å². The number of carbonyl (C=O) groups excluding carboxylic acids is 1. The summed E-state index contributed by atoms with van der Waals surface area (Å²) in [7, 11) is 0. The van der Waals surface area contributed by atoms with Crippen LogP contribution in [0.2, 0.25) is 0 Å². The highest BCUT2D eigenvalue weighted by Crippen LogP contribution is 2.46. The maximum atomic E-state index is 14.9. The monoisotopic (exact) mass is 417 g/mol. The molecule has 1 atom stereocenters. The number of halogens is 1. The molecule has 0 saturated carbocycles. The van der Waals surface area contributed by atoms with Crippen molar-refractivity contribution >= 4 is 5.91 Å². The van der Waals surface area contributed by atoms with Crippen LogP contribution in [0.3, 0.4) is 0 Å². The van der Waals surface area contributed by atoms with Gasteiger partial charge in [0.15, 0.2) is 0 Å². The summed E-state index contributed by atoms with van der Waals surface area (Å²) in [5.74, 6) is -0.0515. The molecule has 1 amide bonds. The van der Waals surface area contributed by atoms with E-state index in [1.807, 2.05) is 19.1 Å². The van der Waals surface area contributed by atoms with Crippen molar-refractivity contribution in [1.29, 1.82) is 0 Å². The molecule has 5 rings (SSSR count). The van der Waals surface area contributed by atoms with Gasteiger partial charge in [0.05, 0.1) is 18.8 Å². The van der Waals surface area contributed by atoms with Gasteiger partial charge in [-0.3, -0.25) is 9.89 Å². The highest BCUT2D eigenvalue weighted by molar-refractivity contribution is 6.00. The lowest BCUT2D eigenvalue weighted by Crippen LogP contribution is -2.29. The van der Waals surface area contributed by atoms with Gasteiger partial charge >= 0.3 is 0 Å². The molecule has 31 heavy (non-hydrogen) atoms. The number of nitrogens with zero attached hydrogens (tertiary/aromatic N) is 2. The molecule has 2 N–H and O–H groups in total. The number of furan rings is 1. The van der Waals surface area contributed by atoms with Gasteiger partial charge in [0.25, 0.3) is 5.91 Å². The van der Waals surface area contributed by atoms with Gasteiger partial charge < -0.3 is 14.4 Å². The summed E-state index contributed by atoms with van der Waals surface area (Å²) in [6.07, 6.45) is 1.54. The van der Waals surface area contributed by atoms with Crippen molar-refractivity contribution in [3.05, 3.63) is 94.3 Å². The lowest BCUT2D eigenvalue weighted by molar-refractivity contribution is 0.0715. The predicted molar refractivity (Wildman–Crippen MR) is 112 cm³/mol. The molecule has 7 heteroatoms. The number of amides is 1. The molecule has 3 heterocycles. The zero-order chi connectivity index (χ0) is 21.7. The van der Waals surface area contributed by atoms with Crippen LogP contribution < -0.4 is 0 Å². The molecule has 0 spiro atoms. The number of aromatic nitrogens is 2. The Hall–Kier alpha value is -3.87. The average molecular weight is 417 g/mol. The summed E-state index contributed by atoms with van der Waals surface area (Å²) < 4.78 is 20.4. The molecule has 1 aliphatic heterocycles. The van der Waals surface area contributed by atoms with E-state index in [0.29, 0.717) is 33.7 Å². The van der Waals surface area contributed by atoms with Gasteiger partial charge in [-0.25, -0.2) is 4.39 Å². The molecule has 1 aliphatic rings. The third-order valence-electron chi connectivity index (χ3n) is 5.67. The number of carbonyl (C=O) groups is 1. The van der Waals surface area contributed by atoms with Crippen molar-refractivity contribution in [2.24, 2.45) is 0 Å². The van der Waals surface area contributed by atoms with Gasteiger partial charge in [0, 0.05) is 16.7 Å². The van der Waals surface area contributed by atoms with Crippen molar-refractivity contribution in [2.75, 3.05) is 0 Å². The number of aryl methyl sites for hydroxylation is 2. The molecule has 4 aromatic rings. The van der Waals surface area contributed by atoms with Gasteiger partial charge in [0.2, 0.25) is 0 Å². The van der Waals surface area contributed by atoms with E-state index in [1.54, 1.807) is 42.2 Å². The number of hydrogen-bond donors (Lipinski definition) is 2. The standard InChI is InChI=1S/C24H20FN3O3/c1-13-10-14(2)23(29)17(11-13)20-19-21(27-26-20)24(30)28(12-15-6-5-9-31-15)22(19)16-7-3-4-8-18(16)25/h3-11,22,29H,12H2,1-2H3,(H,26,27). The van der Waals surface area contributed by atoms with Crippen molar-refractivity contribution in [1.82, 2.24) is 15.1 Å². The lowest BCUT2D eigenvalue weighted by Gasteiger charge is -2.26. The third kappa shape index (κ3) is 3.01. The fourth-order valence-electron chi connectivity index (χ4n) is 4.30. The number of phenolic OH excluding ortho intramolecular Hbond substituents is 1. The molecular weight excluding hydrogens is 397 g/mol. The Morgan fingerprint density at radius 3 is 2.74 bits per heavy atom. The minimum Gasteiger partial charge on any atom is -0.507 e. The van der Waals surface area contributed by atoms with Crippen LogP contribution in [-0.2, 0) is 6.54 Å². The average Bonchev–Trinajstić information content (AvgIpc) is 3.46. The Morgan fingerprint density at radius 2 is 2.00 bits per heavy atom. The van der Waals surface area contributed by atoms with Gasteiger partial charge in [0.1, 0.15) is 28.7 Å². The highest BCUT2D eigenvalue weighted by atomic mass is 19.1. The number of fused-ring (bicyclic) bond motifs is 1. The fraction of sp³-hybridized carbons (Fsp3) is 0.167. The first kappa shape index (κ1) is 19.1. The number of H-pyrrole nitrogens is 1. The number of hydrogen-bond acceptors (Lipinski definition) is 4. The first-order chi connectivity index (χ1) is 15.0. The molecule has 0 bridgehead atoms. The van der Waals surface area contributed by atoms with Gasteiger partial charge in [-0.05, 0) is 49.2 Å². The van der Waals surface area contributed by atoms with E-state index < -0.39 is 11.9 Å². The maximum absolute atomic E-state index is 14.9. The molecule has 156 valence electrons. The number of aromatic hydroxyl groups is 1. The third-order valence-corrected chi connectivity index (χ3v) is 5.67. The van der Waals surface area contributed by atoms with E-state index in [0.717, 1.165) is 5.56 Å². The Balaban J connectivity index is 1.73. The normalized spacial score (nSPS) is 15.5. The Morgan fingerprint density at radius 1 is 1.19 bits per heavy atom. The van der Waals surface area contributed by atoms with Crippen LogP contribution >= 0.6 is 0 Å². The van der Waals surface area contributed by atoms with Crippen LogP contribution in [0.4, 0.5) is 4.39 Å². The van der Waals surface area contributed by atoms with Crippen LogP contribution in [0.5, 0.6) is 5.75 Å². The fourth-order valence-corrected chi connectivity index (χ4v) is 4.30. The second kappa shape index (κ2) is 7.12. The zero-order valence-electron chi connectivity index (χ0n) is 17.0. The molecule has 0 radical (unpaired) electrons. The van der Waals surface area contributed by atoms with Crippen molar-refractivity contribution in [2.45, 2.75) is 26.4 Å². The number of aromatic amines is 1. The van der Waals surface area contributed by atoms with E-state index in [2.05, 4.69) is 10.2 Å². The van der Waals surface area contributed by atoms with E-state index in [4.69, 9.17) is 4.42 Å². The van der Waals surface area contributed by atoms with E-state index in [-0.39, 0.29) is 23.9 Å². The molecule has 0 saturated heterocycles. The summed E-state index contributed by atoms with van der Waals surface area (Å²) in [4.78, 5) is 14.9. The first-order valence-corrected chi connectivity index (χ1v) is 9.92. The lowest BCUT2D eigenvalue weighted by atomic mass is 9.94. The quantitative estimate of drug-likeness (QED) is 0.496. The molecule has 2 aromatic heterocycles. The highest BCUT2D eigenvalue weighted by Gasteiger charge is 2.43. The van der Waals surface area contributed by atoms with Crippen LogP contribution in [0.15, 0.2) is 59.2 Å². The number of rotatable bonds is 4. The summed E-state index contributed by atoms with van der Waals surface area (Å²) in [6.45, 7) is 3.90. The second-order valence-electron chi connectivity index (χ2n) is 7.78. The summed E-state index contributed by atoms with van der Waals surface area (Å²) in [5.41, 5.74) is 3.77. The van der Waals surface area contributed by atoms with E-state index in [1.165, 1.54) is 12.3 Å². The van der Waals surface area contributed by atoms with E-state index >= 15 is 0 Å². The van der Waals surface area contributed by atoms with Gasteiger partial charge in [-0.15, -0.1) is 0 Å². The van der Waals surface area contributed by atoms with Crippen molar-refractivity contribution in [3.63, 3.8) is 0 Å². The van der Waals surface area contributed by atoms with Crippen molar-refractivity contribution < 1.29 is 18.7 Å². The first-order valence-electron chi connectivity index (χ1n) is 9.92. The van der Waals surface area contributed by atoms with Gasteiger partial charge in [-0.1, -0.05) is 24.3 Å².